The fourth-order valence-electron chi connectivity index (χ4n) is 2.44. The zero-order chi connectivity index (χ0) is 13.2. The van der Waals surface area contributed by atoms with Crippen LogP contribution in [0.3, 0.4) is 0 Å². The second kappa shape index (κ2) is 5.47. The van der Waals surface area contributed by atoms with Gasteiger partial charge in [0.15, 0.2) is 0 Å². The number of rotatable bonds is 1. The molecule has 98 valence electrons. The number of hydrogen-bond acceptors (Lipinski definition) is 3. The Balaban J connectivity index is 1.88. The molecule has 2 aromatic rings. The fraction of sp³-hybridized carbons (Fsp3) is 0.286. The van der Waals surface area contributed by atoms with Gasteiger partial charge in [0, 0.05) is 13.1 Å². The Kier molecular flexibility index (Phi) is 3.71. The van der Waals surface area contributed by atoms with Crippen LogP contribution in [-0.4, -0.2) is 23.1 Å². The van der Waals surface area contributed by atoms with Crippen LogP contribution in [-0.2, 0) is 12.8 Å². The molecule has 0 aliphatic carbocycles. The maximum Gasteiger partial charge on any atom is 0.148 e. The van der Waals surface area contributed by atoms with Crippen molar-refractivity contribution in [3.63, 3.8) is 0 Å². The molecule has 19 heavy (non-hydrogen) atoms. The summed E-state index contributed by atoms with van der Waals surface area (Å²) in [5.74, 6) is 0.882. The van der Waals surface area contributed by atoms with Gasteiger partial charge in [0.1, 0.15) is 17.3 Å². The van der Waals surface area contributed by atoms with Crippen LogP contribution in [0.1, 0.15) is 11.1 Å². The highest BCUT2D eigenvalue weighted by Crippen LogP contribution is 2.30. The van der Waals surface area contributed by atoms with Gasteiger partial charge >= 0.3 is 0 Å². The SMILES string of the molecule is Clc1ncnc(N2CCc3ccccc3CC2)c1Br. The van der Waals surface area contributed by atoms with Gasteiger partial charge in [-0.1, -0.05) is 35.9 Å². The van der Waals surface area contributed by atoms with E-state index in [0.29, 0.717) is 5.15 Å². The van der Waals surface area contributed by atoms with Gasteiger partial charge in [0.2, 0.25) is 0 Å². The largest absolute Gasteiger partial charge is 0.355 e. The quantitative estimate of drug-likeness (QED) is 0.745. The number of fused-ring (bicyclic) bond motifs is 1. The molecule has 0 spiro atoms. The van der Waals surface area contributed by atoms with E-state index in [9.17, 15) is 0 Å². The van der Waals surface area contributed by atoms with Crippen LogP contribution in [0.15, 0.2) is 35.1 Å². The van der Waals surface area contributed by atoms with Crippen molar-refractivity contribution in [2.24, 2.45) is 0 Å². The summed E-state index contributed by atoms with van der Waals surface area (Å²) < 4.78 is 0.780. The van der Waals surface area contributed by atoms with Crippen LogP contribution in [0.4, 0.5) is 5.82 Å². The summed E-state index contributed by atoms with van der Waals surface area (Å²) in [4.78, 5) is 10.6. The summed E-state index contributed by atoms with van der Waals surface area (Å²) in [5.41, 5.74) is 2.86. The highest BCUT2D eigenvalue weighted by Gasteiger charge is 2.18. The lowest BCUT2D eigenvalue weighted by Gasteiger charge is -2.22. The van der Waals surface area contributed by atoms with E-state index in [1.165, 1.54) is 17.5 Å². The van der Waals surface area contributed by atoms with E-state index in [1.807, 2.05) is 0 Å². The third-order valence-electron chi connectivity index (χ3n) is 3.45. The predicted molar refractivity (Wildman–Crippen MR) is 80.8 cm³/mol. The summed E-state index contributed by atoms with van der Waals surface area (Å²) in [5, 5.41) is 0.465. The Hall–Kier alpha value is -1.13. The molecule has 3 nitrogen and oxygen atoms in total. The van der Waals surface area contributed by atoms with Gasteiger partial charge in [-0.25, -0.2) is 9.97 Å². The average molecular weight is 339 g/mol. The van der Waals surface area contributed by atoms with E-state index in [-0.39, 0.29) is 0 Å². The van der Waals surface area contributed by atoms with Crippen LogP contribution < -0.4 is 4.90 Å². The van der Waals surface area contributed by atoms with E-state index in [4.69, 9.17) is 11.6 Å². The fourth-order valence-corrected chi connectivity index (χ4v) is 3.02. The van der Waals surface area contributed by atoms with Crippen molar-refractivity contribution >= 4 is 33.3 Å². The maximum atomic E-state index is 6.04. The molecule has 0 fully saturated rings. The molecule has 0 saturated carbocycles. The minimum absolute atomic E-state index is 0.465. The predicted octanol–water partition coefficient (Wildman–Crippen LogP) is 3.50. The Morgan fingerprint density at radius 1 is 1.05 bits per heavy atom. The zero-order valence-corrected chi connectivity index (χ0v) is 12.7. The van der Waals surface area contributed by atoms with Gasteiger partial charge < -0.3 is 4.90 Å². The number of halogens is 2. The number of nitrogens with zero attached hydrogens (tertiary/aromatic N) is 3. The topological polar surface area (TPSA) is 29.0 Å². The smallest absolute Gasteiger partial charge is 0.148 e. The van der Waals surface area contributed by atoms with Gasteiger partial charge in [-0.15, -0.1) is 0 Å². The molecule has 0 saturated heterocycles. The van der Waals surface area contributed by atoms with Crippen molar-refractivity contribution in [2.45, 2.75) is 12.8 Å². The molecule has 1 aliphatic rings. The Morgan fingerprint density at radius 2 is 1.68 bits per heavy atom. The summed E-state index contributed by atoms with van der Waals surface area (Å²) >= 11 is 9.52. The first-order valence-electron chi connectivity index (χ1n) is 6.23. The van der Waals surface area contributed by atoms with Gasteiger partial charge in [0.05, 0.1) is 4.47 Å². The van der Waals surface area contributed by atoms with Crippen LogP contribution in [0.5, 0.6) is 0 Å². The van der Waals surface area contributed by atoms with Crippen LogP contribution in [0.2, 0.25) is 5.15 Å². The number of aromatic nitrogens is 2. The summed E-state index contributed by atoms with van der Waals surface area (Å²) in [6.45, 7) is 1.89. The molecule has 2 heterocycles. The van der Waals surface area contributed by atoms with E-state index < -0.39 is 0 Å². The average Bonchev–Trinajstić information content (AvgIpc) is 2.65. The van der Waals surface area contributed by atoms with E-state index in [0.717, 1.165) is 36.2 Å². The molecule has 1 aromatic carbocycles. The second-order valence-electron chi connectivity index (χ2n) is 4.56. The van der Waals surface area contributed by atoms with Gasteiger partial charge in [-0.2, -0.15) is 0 Å². The standard InChI is InChI=1S/C14H13BrClN3/c15-12-13(16)17-9-18-14(12)19-7-5-10-3-1-2-4-11(10)6-8-19/h1-4,9H,5-8H2. The molecule has 0 bridgehead atoms. The Morgan fingerprint density at radius 3 is 2.32 bits per heavy atom. The molecule has 3 rings (SSSR count). The van der Waals surface area contributed by atoms with E-state index in [1.54, 1.807) is 0 Å². The molecule has 0 unspecified atom stereocenters. The van der Waals surface area contributed by atoms with Crippen molar-refractivity contribution in [2.75, 3.05) is 18.0 Å². The van der Waals surface area contributed by atoms with Crippen molar-refractivity contribution < 1.29 is 0 Å². The lowest BCUT2D eigenvalue weighted by Crippen LogP contribution is -2.27. The van der Waals surface area contributed by atoms with E-state index >= 15 is 0 Å². The van der Waals surface area contributed by atoms with Gasteiger partial charge in [-0.05, 0) is 39.9 Å². The van der Waals surface area contributed by atoms with Crippen molar-refractivity contribution in [1.82, 2.24) is 9.97 Å². The van der Waals surface area contributed by atoms with Crippen LogP contribution in [0, 0.1) is 0 Å². The third kappa shape index (κ3) is 2.60. The zero-order valence-electron chi connectivity index (χ0n) is 10.3. The number of anilines is 1. The summed E-state index contributed by atoms with van der Waals surface area (Å²) in [6, 6.07) is 8.62. The minimum atomic E-state index is 0.465. The normalized spacial score (nSPS) is 14.9. The first-order valence-corrected chi connectivity index (χ1v) is 7.40. The first kappa shape index (κ1) is 12.9. The second-order valence-corrected chi connectivity index (χ2v) is 5.71. The van der Waals surface area contributed by atoms with Gasteiger partial charge in [-0.3, -0.25) is 0 Å². The first-order chi connectivity index (χ1) is 9.25. The molecule has 0 atom stereocenters. The lowest BCUT2D eigenvalue weighted by atomic mass is 10.0. The summed E-state index contributed by atoms with van der Waals surface area (Å²) in [7, 11) is 0. The van der Waals surface area contributed by atoms with Crippen LogP contribution >= 0.6 is 27.5 Å². The molecule has 0 amide bonds. The number of hydrogen-bond donors (Lipinski definition) is 0. The molecular weight excluding hydrogens is 326 g/mol. The summed E-state index contributed by atoms with van der Waals surface area (Å²) in [6.07, 6.45) is 3.58. The molecular formula is C14H13BrClN3. The van der Waals surface area contributed by atoms with Crippen molar-refractivity contribution in [1.29, 1.82) is 0 Å². The molecule has 1 aromatic heterocycles. The highest BCUT2D eigenvalue weighted by atomic mass is 79.9. The monoisotopic (exact) mass is 337 g/mol. The van der Waals surface area contributed by atoms with Gasteiger partial charge in [0.25, 0.3) is 0 Å². The maximum absolute atomic E-state index is 6.04. The lowest BCUT2D eigenvalue weighted by molar-refractivity contribution is 0.785. The highest BCUT2D eigenvalue weighted by molar-refractivity contribution is 9.10. The molecule has 5 heteroatoms. The van der Waals surface area contributed by atoms with E-state index in [2.05, 4.69) is 55.1 Å². The molecule has 0 N–H and O–H groups in total. The minimum Gasteiger partial charge on any atom is -0.355 e. The van der Waals surface area contributed by atoms with Crippen molar-refractivity contribution in [3.8, 4) is 0 Å². The molecule has 0 radical (unpaired) electrons. The third-order valence-corrected chi connectivity index (χ3v) is 4.69. The van der Waals surface area contributed by atoms with Crippen LogP contribution in [0.25, 0.3) is 0 Å². The Bertz CT molecular complexity index is 576. The Labute approximate surface area is 125 Å². The number of benzene rings is 1. The van der Waals surface area contributed by atoms with Crippen molar-refractivity contribution in [3.05, 3.63) is 51.3 Å². The molecule has 1 aliphatic heterocycles.